The van der Waals surface area contributed by atoms with Crippen LogP contribution in [0.15, 0.2) is 60.7 Å². The lowest BCUT2D eigenvalue weighted by Crippen LogP contribution is -2.55. The van der Waals surface area contributed by atoms with Gasteiger partial charge in [-0.15, -0.1) is 5.06 Å². The molecule has 5 rings (SSSR count). The number of hydrogen-bond donors (Lipinski definition) is 2. The van der Waals surface area contributed by atoms with Gasteiger partial charge in [-0.1, -0.05) is 54.6 Å². The van der Waals surface area contributed by atoms with Gasteiger partial charge >= 0.3 is 12.1 Å². The summed E-state index contributed by atoms with van der Waals surface area (Å²) < 4.78 is 10.3. The van der Waals surface area contributed by atoms with Crippen molar-refractivity contribution in [2.45, 2.75) is 71.1 Å². The number of benzene rings is 2. The second-order valence-electron chi connectivity index (χ2n) is 12.9. The molecule has 13 nitrogen and oxygen atoms in total. The first-order valence-corrected chi connectivity index (χ1v) is 16.7. The molecule has 260 valence electrons. The fourth-order valence-corrected chi connectivity index (χ4v) is 5.85. The molecule has 2 aromatic carbocycles. The number of piperazine rings is 1. The van der Waals surface area contributed by atoms with Gasteiger partial charge in [-0.25, -0.2) is 14.8 Å². The molecule has 1 aromatic heterocycles. The van der Waals surface area contributed by atoms with Crippen molar-refractivity contribution in [3.8, 4) is 11.4 Å². The maximum Gasteiger partial charge on any atom is 0.527 e. The van der Waals surface area contributed by atoms with E-state index in [1.54, 1.807) is 38.7 Å². The van der Waals surface area contributed by atoms with Crippen molar-refractivity contribution in [3.05, 3.63) is 77.5 Å². The Morgan fingerprint density at radius 3 is 2.39 bits per heavy atom. The molecule has 2 atom stereocenters. The van der Waals surface area contributed by atoms with Crippen molar-refractivity contribution < 1.29 is 33.5 Å². The molecule has 0 radical (unpaired) electrons. The van der Waals surface area contributed by atoms with Crippen LogP contribution in [-0.4, -0.2) is 88.3 Å². The fraction of sp³-hybridized carbons (Fsp3) is 0.444. The number of amides is 2. The number of nitrogens with one attached hydrogen (secondary N) is 2. The van der Waals surface area contributed by atoms with Crippen LogP contribution in [-0.2, 0) is 30.3 Å². The van der Waals surface area contributed by atoms with Gasteiger partial charge < -0.3 is 29.8 Å². The van der Waals surface area contributed by atoms with Crippen molar-refractivity contribution in [2.75, 3.05) is 38.1 Å². The summed E-state index contributed by atoms with van der Waals surface area (Å²) in [6, 6.07) is 18.2. The first kappa shape index (κ1) is 35.3. The molecule has 2 amide bonds. The van der Waals surface area contributed by atoms with E-state index < -0.39 is 29.7 Å². The number of esters is 1. The van der Waals surface area contributed by atoms with Crippen LogP contribution in [0.2, 0.25) is 0 Å². The van der Waals surface area contributed by atoms with Crippen molar-refractivity contribution in [1.29, 1.82) is 0 Å². The lowest BCUT2D eigenvalue weighted by atomic mass is 10.1. The summed E-state index contributed by atoms with van der Waals surface area (Å²) in [5.41, 5.74) is 2.56. The number of rotatable bonds is 11. The Bertz CT molecular complexity index is 1640. The summed E-state index contributed by atoms with van der Waals surface area (Å²) >= 11 is 0. The molecule has 2 aliphatic rings. The van der Waals surface area contributed by atoms with Gasteiger partial charge in [0.25, 0.3) is 5.91 Å². The Morgan fingerprint density at radius 1 is 0.959 bits per heavy atom. The Hall–Kier alpha value is -5.04. The summed E-state index contributed by atoms with van der Waals surface area (Å²) in [6.07, 6.45) is 0.926. The molecule has 13 heteroatoms. The molecule has 0 saturated carbocycles. The first-order chi connectivity index (χ1) is 23.5. The minimum atomic E-state index is -1.05. The third-order valence-corrected chi connectivity index (χ3v) is 8.12. The van der Waals surface area contributed by atoms with Crippen LogP contribution < -0.4 is 10.6 Å². The second kappa shape index (κ2) is 15.9. The molecule has 0 spiro atoms. The number of aryl methyl sites for hydroxylation is 1. The number of fused-ring (bicyclic) bond motifs is 1. The van der Waals surface area contributed by atoms with E-state index in [9.17, 15) is 19.2 Å². The van der Waals surface area contributed by atoms with Gasteiger partial charge in [0.2, 0.25) is 5.91 Å². The maximum atomic E-state index is 13.9. The highest BCUT2D eigenvalue weighted by Crippen LogP contribution is 2.33. The standard InChI is InChI=1S/C36H44N6O7/c1-5-47-35(46)49-42-21-19-41(20-22-42)34(45)28(17-18-31(43)48-36(2,3)4)39-33(44)29-23-30(40-32(38-29)25-12-7-6-8-13-25)37-27-16-15-24-11-9-10-14-26(24)27/h6-14,23,27-28H,5,15-22H2,1-4H3,(H,39,44)(H,37,38,40)/t27?,28-/m0/s1. The molecule has 1 fully saturated rings. The molecule has 0 bridgehead atoms. The molecule has 1 aliphatic carbocycles. The largest absolute Gasteiger partial charge is 0.527 e. The smallest absolute Gasteiger partial charge is 0.460 e. The molecule has 1 aliphatic heterocycles. The lowest BCUT2D eigenvalue weighted by Gasteiger charge is -2.35. The predicted octanol–water partition coefficient (Wildman–Crippen LogP) is 4.70. The van der Waals surface area contributed by atoms with Gasteiger partial charge in [-0.2, -0.15) is 0 Å². The average Bonchev–Trinajstić information content (AvgIpc) is 3.48. The molecule has 1 saturated heterocycles. The minimum Gasteiger partial charge on any atom is -0.460 e. The Balaban J connectivity index is 1.36. The average molecular weight is 673 g/mol. The van der Waals surface area contributed by atoms with Crippen LogP contribution in [0, 0.1) is 0 Å². The zero-order valence-corrected chi connectivity index (χ0v) is 28.4. The van der Waals surface area contributed by atoms with Crippen LogP contribution in [0.25, 0.3) is 11.4 Å². The minimum absolute atomic E-state index is 0.0135. The summed E-state index contributed by atoms with van der Waals surface area (Å²) in [6.45, 7) is 8.14. The zero-order valence-electron chi connectivity index (χ0n) is 28.4. The molecule has 3 aromatic rings. The number of ether oxygens (including phenoxy) is 2. The second-order valence-corrected chi connectivity index (χ2v) is 12.9. The SMILES string of the molecule is CCOC(=O)ON1CCN(C(=O)[C@H](CCC(=O)OC(C)(C)C)NC(=O)c2cc(NC3CCc4ccccc43)nc(-c3ccccc3)n2)CC1. The van der Waals surface area contributed by atoms with Crippen LogP contribution in [0.3, 0.4) is 0 Å². The van der Waals surface area contributed by atoms with Gasteiger partial charge in [-0.05, 0) is 58.1 Å². The highest BCUT2D eigenvalue weighted by atomic mass is 16.8. The van der Waals surface area contributed by atoms with Crippen LogP contribution in [0.4, 0.5) is 10.6 Å². The summed E-state index contributed by atoms with van der Waals surface area (Å²) in [5, 5.41) is 7.78. The van der Waals surface area contributed by atoms with Crippen molar-refractivity contribution in [3.63, 3.8) is 0 Å². The third-order valence-electron chi connectivity index (χ3n) is 8.12. The number of hydrogen-bond acceptors (Lipinski definition) is 11. The van der Waals surface area contributed by atoms with E-state index in [1.807, 2.05) is 42.5 Å². The predicted molar refractivity (Wildman–Crippen MR) is 181 cm³/mol. The highest BCUT2D eigenvalue weighted by Gasteiger charge is 2.32. The molecular formula is C36H44N6O7. The van der Waals surface area contributed by atoms with Crippen molar-refractivity contribution in [2.24, 2.45) is 0 Å². The van der Waals surface area contributed by atoms with Gasteiger partial charge in [0.15, 0.2) is 5.82 Å². The van der Waals surface area contributed by atoms with E-state index in [2.05, 4.69) is 27.8 Å². The van der Waals surface area contributed by atoms with E-state index in [1.165, 1.54) is 16.2 Å². The van der Waals surface area contributed by atoms with Crippen LogP contribution in [0.5, 0.6) is 0 Å². The van der Waals surface area contributed by atoms with Gasteiger partial charge in [0, 0.05) is 31.1 Å². The Labute approximate surface area is 286 Å². The van der Waals surface area contributed by atoms with E-state index in [-0.39, 0.29) is 63.3 Å². The van der Waals surface area contributed by atoms with Crippen LogP contribution in [0.1, 0.15) is 74.6 Å². The number of hydroxylamine groups is 2. The normalized spacial score (nSPS) is 16.7. The number of nitrogens with zero attached hydrogens (tertiary/aromatic N) is 4. The summed E-state index contributed by atoms with van der Waals surface area (Å²) in [4.78, 5) is 68.3. The topological polar surface area (TPSA) is 152 Å². The van der Waals surface area contributed by atoms with Crippen molar-refractivity contribution in [1.82, 2.24) is 25.2 Å². The van der Waals surface area contributed by atoms with Gasteiger partial charge in [0.1, 0.15) is 23.2 Å². The highest BCUT2D eigenvalue weighted by molar-refractivity contribution is 5.97. The Morgan fingerprint density at radius 2 is 1.67 bits per heavy atom. The number of carbonyl (C=O) groups excluding carboxylic acids is 4. The quantitative estimate of drug-likeness (QED) is 0.273. The fourth-order valence-electron chi connectivity index (χ4n) is 5.85. The monoisotopic (exact) mass is 672 g/mol. The van der Waals surface area contributed by atoms with Gasteiger partial charge in [0.05, 0.1) is 25.7 Å². The summed E-state index contributed by atoms with van der Waals surface area (Å²) in [7, 11) is 0. The zero-order chi connectivity index (χ0) is 35.0. The first-order valence-electron chi connectivity index (χ1n) is 16.7. The van der Waals surface area contributed by atoms with E-state index in [0.29, 0.717) is 11.6 Å². The Kier molecular flexibility index (Phi) is 11.4. The lowest BCUT2D eigenvalue weighted by molar-refractivity contribution is -0.158. The van der Waals surface area contributed by atoms with E-state index in [0.717, 1.165) is 18.4 Å². The van der Waals surface area contributed by atoms with E-state index in [4.69, 9.17) is 19.3 Å². The van der Waals surface area contributed by atoms with Crippen LogP contribution >= 0.6 is 0 Å². The third kappa shape index (κ3) is 9.75. The van der Waals surface area contributed by atoms with E-state index >= 15 is 0 Å². The molecule has 2 N–H and O–H groups in total. The molecular weight excluding hydrogens is 628 g/mol. The van der Waals surface area contributed by atoms with Crippen molar-refractivity contribution >= 4 is 29.8 Å². The number of anilines is 1. The van der Waals surface area contributed by atoms with Gasteiger partial charge in [-0.3, -0.25) is 14.4 Å². The number of carbonyl (C=O) groups is 4. The summed E-state index contributed by atoms with van der Waals surface area (Å²) in [5.74, 6) is -0.595. The molecule has 1 unspecified atom stereocenters. The molecule has 49 heavy (non-hydrogen) atoms. The maximum absolute atomic E-state index is 13.9. The number of aromatic nitrogens is 2. The molecule has 2 heterocycles.